The van der Waals surface area contributed by atoms with Crippen molar-refractivity contribution in [3.63, 3.8) is 0 Å². The van der Waals surface area contributed by atoms with Crippen LogP contribution in [0.3, 0.4) is 0 Å². The van der Waals surface area contributed by atoms with Crippen molar-refractivity contribution in [2.24, 2.45) is 0 Å². The highest BCUT2D eigenvalue weighted by Gasteiger charge is 2.08. The number of rotatable bonds is 6. The van der Waals surface area contributed by atoms with E-state index in [2.05, 4.69) is 20.6 Å². The number of carbonyl (C=O) groups excluding carboxylic acids is 2. The van der Waals surface area contributed by atoms with Gasteiger partial charge in [0.1, 0.15) is 17.9 Å². The smallest absolute Gasteiger partial charge is 0.228 e. The second-order valence-corrected chi connectivity index (χ2v) is 6.91. The van der Waals surface area contributed by atoms with Crippen LogP contribution in [0.4, 0.5) is 11.5 Å². The summed E-state index contributed by atoms with van der Waals surface area (Å²) in [5, 5.41) is 7.67. The molecule has 0 aliphatic heterocycles. The first-order chi connectivity index (χ1) is 15.1. The predicted molar refractivity (Wildman–Crippen MR) is 119 cm³/mol. The van der Waals surface area contributed by atoms with E-state index < -0.39 is 0 Å². The molecule has 0 saturated carbocycles. The fraction of sp³-hybridized carbons (Fsp3) is 0.0833. The van der Waals surface area contributed by atoms with Gasteiger partial charge in [-0.15, -0.1) is 0 Å². The molecule has 0 atom stereocenters. The lowest BCUT2D eigenvalue weighted by Crippen LogP contribution is -2.14. The average Bonchev–Trinajstić information content (AvgIpc) is 2.75. The first-order valence-electron chi connectivity index (χ1n) is 9.71. The molecule has 1 heterocycles. The van der Waals surface area contributed by atoms with Gasteiger partial charge in [0.05, 0.1) is 6.42 Å². The van der Waals surface area contributed by atoms with Gasteiger partial charge in [-0.1, -0.05) is 42.5 Å². The Morgan fingerprint density at radius 3 is 2.48 bits per heavy atom. The van der Waals surface area contributed by atoms with Crippen LogP contribution < -0.4 is 15.4 Å². The topological polar surface area (TPSA) is 93.2 Å². The number of carbonyl (C=O) groups is 2. The van der Waals surface area contributed by atoms with Crippen LogP contribution in [0.2, 0.25) is 0 Å². The first kappa shape index (κ1) is 20.0. The number of nitrogens with one attached hydrogen (secondary N) is 2. The number of ether oxygens (including phenoxy) is 1. The summed E-state index contributed by atoms with van der Waals surface area (Å²) < 4.78 is 5.69. The third kappa shape index (κ3) is 5.22. The van der Waals surface area contributed by atoms with Gasteiger partial charge in [0.2, 0.25) is 17.7 Å². The second-order valence-electron chi connectivity index (χ2n) is 6.91. The molecule has 4 rings (SSSR count). The van der Waals surface area contributed by atoms with E-state index in [0.29, 0.717) is 23.1 Å². The molecule has 0 fully saturated rings. The Kier molecular flexibility index (Phi) is 5.84. The maximum absolute atomic E-state index is 12.5. The Balaban J connectivity index is 1.39. The Morgan fingerprint density at radius 2 is 1.68 bits per heavy atom. The number of nitrogens with zero attached hydrogens (tertiary/aromatic N) is 2. The molecule has 0 unspecified atom stereocenters. The summed E-state index contributed by atoms with van der Waals surface area (Å²) >= 11 is 0. The van der Waals surface area contributed by atoms with Crippen molar-refractivity contribution in [2.75, 3.05) is 10.6 Å². The molecule has 0 aliphatic rings. The summed E-state index contributed by atoms with van der Waals surface area (Å²) in [6.45, 7) is 1.40. The van der Waals surface area contributed by atoms with Crippen molar-refractivity contribution in [3.8, 4) is 11.6 Å². The standard InChI is InChI=1S/C24H20N4O3/c1-16(29)27-22-14-24(26-15-25-22)31-20-11-9-19(10-12-20)28-23(30)13-18-7-4-6-17-5-2-3-8-21(17)18/h2-12,14-15H,13H2,1H3,(H,28,30)(H,25,26,27,29). The van der Waals surface area contributed by atoms with Crippen LogP contribution in [0.15, 0.2) is 79.1 Å². The number of anilines is 2. The Hall–Kier alpha value is -4.26. The number of aromatic nitrogens is 2. The maximum atomic E-state index is 12.5. The molecule has 7 nitrogen and oxygen atoms in total. The minimum absolute atomic E-state index is 0.0965. The second kappa shape index (κ2) is 9.04. The summed E-state index contributed by atoms with van der Waals surface area (Å²) in [6.07, 6.45) is 1.59. The zero-order valence-corrected chi connectivity index (χ0v) is 16.8. The van der Waals surface area contributed by atoms with Crippen LogP contribution in [-0.2, 0) is 16.0 Å². The largest absolute Gasteiger partial charge is 0.439 e. The average molecular weight is 412 g/mol. The van der Waals surface area contributed by atoms with Crippen molar-refractivity contribution in [1.82, 2.24) is 9.97 Å². The predicted octanol–water partition coefficient (Wildman–Crippen LogP) is 4.56. The van der Waals surface area contributed by atoms with E-state index >= 15 is 0 Å². The first-order valence-corrected chi connectivity index (χ1v) is 9.71. The number of amides is 2. The van der Waals surface area contributed by atoms with E-state index in [9.17, 15) is 9.59 Å². The fourth-order valence-electron chi connectivity index (χ4n) is 3.20. The minimum atomic E-state index is -0.228. The van der Waals surface area contributed by atoms with Gasteiger partial charge in [0.25, 0.3) is 0 Å². The van der Waals surface area contributed by atoms with E-state index in [0.717, 1.165) is 16.3 Å². The highest BCUT2D eigenvalue weighted by atomic mass is 16.5. The zero-order chi connectivity index (χ0) is 21.6. The Bertz CT molecular complexity index is 1230. The van der Waals surface area contributed by atoms with Crippen molar-refractivity contribution in [1.29, 1.82) is 0 Å². The lowest BCUT2D eigenvalue weighted by Gasteiger charge is -2.09. The summed E-state index contributed by atoms with van der Waals surface area (Å²) in [5.74, 6) is 0.870. The van der Waals surface area contributed by atoms with Crippen LogP contribution in [0, 0.1) is 0 Å². The van der Waals surface area contributed by atoms with Gasteiger partial charge in [0, 0.05) is 18.7 Å². The zero-order valence-electron chi connectivity index (χ0n) is 16.8. The maximum Gasteiger partial charge on any atom is 0.228 e. The van der Waals surface area contributed by atoms with Crippen LogP contribution in [-0.4, -0.2) is 21.8 Å². The van der Waals surface area contributed by atoms with Crippen LogP contribution >= 0.6 is 0 Å². The van der Waals surface area contributed by atoms with Gasteiger partial charge >= 0.3 is 0 Å². The van der Waals surface area contributed by atoms with E-state index in [1.165, 1.54) is 19.3 Å². The van der Waals surface area contributed by atoms with Gasteiger partial charge in [-0.3, -0.25) is 9.59 Å². The van der Waals surface area contributed by atoms with Gasteiger partial charge in [-0.05, 0) is 40.6 Å². The molecule has 0 saturated heterocycles. The molecule has 0 radical (unpaired) electrons. The van der Waals surface area contributed by atoms with E-state index in [1.54, 1.807) is 24.3 Å². The van der Waals surface area contributed by atoms with Gasteiger partial charge in [-0.25, -0.2) is 9.97 Å². The lowest BCUT2D eigenvalue weighted by molar-refractivity contribution is -0.116. The molecule has 1 aromatic heterocycles. The minimum Gasteiger partial charge on any atom is -0.439 e. The molecule has 2 amide bonds. The third-order valence-corrected chi connectivity index (χ3v) is 4.54. The Labute approximate surface area is 179 Å². The number of fused-ring (bicyclic) bond motifs is 1. The molecule has 3 aromatic carbocycles. The summed E-state index contributed by atoms with van der Waals surface area (Å²) in [4.78, 5) is 31.7. The van der Waals surface area contributed by atoms with Crippen molar-refractivity contribution < 1.29 is 14.3 Å². The van der Waals surface area contributed by atoms with Crippen LogP contribution in [0.5, 0.6) is 11.6 Å². The highest BCUT2D eigenvalue weighted by Crippen LogP contribution is 2.23. The van der Waals surface area contributed by atoms with Crippen molar-refractivity contribution >= 4 is 34.1 Å². The molecule has 0 aliphatic carbocycles. The van der Waals surface area contributed by atoms with Crippen molar-refractivity contribution in [2.45, 2.75) is 13.3 Å². The molecule has 2 N–H and O–H groups in total. The fourth-order valence-corrected chi connectivity index (χ4v) is 3.20. The molecule has 31 heavy (non-hydrogen) atoms. The van der Waals surface area contributed by atoms with Gasteiger partial charge < -0.3 is 15.4 Å². The summed E-state index contributed by atoms with van der Waals surface area (Å²) in [7, 11) is 0. The quantitative estimate of drug-likeness (QED) is 0.484. The van der Waals surface area contributed by atoms with Crippen LogP contribution in [0.1, 0.15) is 12.5 Å². The highest BCUT2D eigenvalue weighted by molar-refractivity contribution is 5.96. The van der Waals surface area contributed by atoms with Gasteiger partial charge in [-0.2, -0.15) is 0 Å². The van der Waals surface area contributed by atoms with E-state index in [-0.39, 0.29) is 18.2 Å². The number of hydrogen-bond acceptors (Lipinski definition) is 5. The Morgan fingerprint density at radius 1 is 0.903 bits per heavy atom. The summed E-state index contributed by atoms with van der Waals surface area (Å²) in [6, 6.07) is 22.5. The molecular weight excluding hydrogens is 392 g/mol. The molecule has 7 heteroatoms. The normalized spacial score (nSPS) is 10.5. The molecule has 0 spiro atoms. The van der Waals surface area contributed by atoms with E-state index in [1.807, 2.05) is 42.5 Å². The van der Waals surface area contributed by atoms with Gasteiger partial charge in [0.15, 0.2) is 0 Å². The molecular formula is C24H20N4O3. The number of hydrogen-bond donors (Lipinski definition) is 2. The van der Waals surface area contributed by atoms with E-state index in [4.69, 9.17) is 4.74 Å². The van der Waals surface area contributed by atoms with Crippen molar-refractivity contribution in [3.05, 3.63) is 84.7 Å². The number of benzene rings is 3. The lowest BCUT2D eigenvalue weighted by atomic mass is 10.0. The SMILES string of the molecule is CC(=O)Nc1cc(Oc2ccc(NC(=O)Cc3cccc4ccccc34)cc2)ncn1. The van der Waals surface area contributed by atoms with Crippen LogP contribution in [0.25, 0.3) is 10.8 Å². The molecule has 0 bridgehead atoms. The molecule has 4 aromatic rings. The summed E-state index contributed by atoms with van der Waals surface area (Å²) in [5.41, 5.74) is 1.65. The third-order valence-electron chi connectivity index (χ3n) is 4.54. The monoisotopic (exact) mass is 412 g/mol. The molecule has 154 valence electrons.